The molecular weight excluding hydrogens is 418 g/mol. The van der Waals surface area contributed by atoms with Crippen LogP contribution in [0, 0.1) is 6.92 Å². The Morgan fingerprint density at radius 3 is 2.09 bits per heavy atom. The lowest BCUT2D eigenvalue weighted by molar-refractivity contribution is 0.0593. The maximum atomic E-state index is 13.6. The Morgan fingerprint density at radius 2 is 1.52 bits per heavy atom. The smallest absolute Gasteiger partial charge is 0.344 e. The molecule has 0 saturated carbocycles. The molecule has 3 aromatic carbocycles. The molecule has 168 valence electrons. The zero-order chi connectivity index (χ0) is 23.5. The first kappa shape index (κ1) is 22.4. The van der Waals surface area contributed by atoms with Crippen molar-refractivity contribution in [3.63, 3.8) is 0 Å². The normalized spacial score (nSPS) is 11.2. The van der Waals surface area contributed by atoms with Gasteiger partial charge in [0.1, 0.15) is 5.75 Å². The number of esters is 2. The summed E-state index contributed by atoms with van der Waals surface area (Å²) in [7, 11) is 1.33. The van der Waals surface area contributed by atoms with Crippen LogP contribution in [0.15, 0.2) is 60.7 Å². The van der Waals surface area contributed by atoms with Gasteiger partial charge in [0.15, 0.2) is 0 Å². The summed E-state index contributed by atoms with van der Waals surface area (Å²) in [5, 5.41) is 1.43. The van der Waals surface area contributed by atoms with E-state index in [4.69, 9.17) is 14.2 Å². The van der Waals surface area contributed by atoms with Crippen molar-refractivity contribution in [1.29, 1.82) is 0 Å². The minimum atomic E-state index is -0.496. The Labute approximate surface area is 192 Å². The fourth-order valence-corrected chi connectivity index (χ4v) is 3.80. The number of aromatic nitrogens is 1. The summed E-state index contributed by atoms with van der Waals surface area (Å²) in [5.41, 5.74) is 3.48. The molecule has 6 nitrogen and oxygen atoms in total. The highest BCUT2D eigenvalue weighted by molar-refractivity contribution is 6.14. The minimum absolute atomic E-state index is 0.0382. The first-order chi connectivity index (χ1) is 15.9. The summed E-state index contributed by atoms with van der Waals surface area (Å²) in [6.07, 6.45) is -0.0382. The van der Waals surface area contributed by atoms with Crippen LogP contribution in [-0.2, 0) is 16.1 Å². The first-order valence-electron chi connectivity index (χ1n) is 10.7. The van der Waals surface area contributed by atoms with Gasteiger partial charge in [0.25, 0.3) is 0 Å². The zero-order valence-electron chi connectivity index (χ0n) is 19.0. The van der Waals surface area contributed by atoms with Crippen molar-refractivity contribution in [2.75, 3.05) is 7.11 Å². The fourth-order valence-electron chi connectivity index (χ4n) is 3.80. The molecule has 0 unspecified atom stereocenters. The maximum Gasteiger partial charge on any atom is 0.344 e. The van der Waals surface area contributed by atoms with Gasteiger partial charge in [-0.05, 0) is 50.6 Å². The van der Waals surface area contributed by atoms with Gasteiger partial charge in [-0.25, -0.2) is 14.6 Å². The maximum absolute atomic E-state index is 13.6. The Kier molecular flexibility index (Phi) is 6.38. The standard InChI is InChI=1S/C27H25NO5/c1-16(2)32-15-19-14-18(26(29)31-4)13-17(3)25(19)33-27(30)24-20-9-5-7-11-22(20)28-23-12-8-6-10-21(23)24/h5-14,16H,15H2,1-4H3. The lowest BCUT2D eigenvalue weighted by Gasteiger charge is -2.17. The summed E-state index contributed by atoms with van der Waals surface area (Å²) in [4.78, 5) is 30.4. The van der Waals surface area contributed by atoms with E-state index in [0.717, 1.165) is 0 Å². The second-order valence-corrected chi connectivity index (χ2v) is 8.04. The lowest BCUT2D eigenvalue weighted by Crippen LogP contribution is -2.14. The number of para-hydroxylation sites is 2. The summed E-state index contributed by atoms with van der Waals surface area (Å²) >= 11 is 0. The monoisotopic (exact) mass is 443 g/mol. The molecule has 0 aliphatic rings. The van der Waals surface area contributed by atoms with Crippen molar-refractivity contribution in [2.45, 2.75) is 33.5 Å². The summed E-state index contributed by atoms with van der Waals surface area (Å²) < 4.78 is 16.6. The van der Waals surface area contributed by atoms with E-state index in [-0.39, 0.29) is 12.7 Å². The Morgan fingerprint density at radius 1 is 0.909 bits per heavy atom. The molecule has 0 fully saturated rings. The molecule has 4 aromatic rings. The van der Waals surface area contributed by atoms with Crippen LogP contribution in [0.3, 0.4) is 0 Å². The predicted octanol–water partition coefficient (Wildman–Crippen LogP) is 5.63. The minimum Gasteiger partial charge on any atom is -0.465 e. The van der Waals surface area contributed by atoms with Crippen LogP contribution >= 0.6 is 0 Å². The lowest BCUT2D eigenvalue weighted by atomic mass is 10.0. The molecule has 0 amide bonds. The van der Waals surface area contributed by atoms with E-state index >= 15 is 0 Å². The van der Waals surface area contributed by atoms with E-state index in [1.807, 2.05) is 62.4 Å². The van der Waals surface area contributed by atoms with E-state index in [2.05, 4.69) is 4.98 Å². The van der Waals surface area contributed by atoms with Crippen LogP contribution in [0.25, 0.3) is 21.8 Å². The van der Waals surface area contributed by atoms with Gasteiger partial charge in [0.2, 0.25) is 0 Å². The van der Waals surface area contributed by atoms with E-state index < -0.39 is 11.9 Å². The van der Waals surface area contributed by atoms with Gasteiger partial charge in [-0.1, -0.05) is 36.4 Å². The summed E-state index contributed by atoms with van der Waals surface area (Å²) in [6.45, 7) is 5.80. The van der Waals surface area contributed by atoms with Gasteiger partial charge in [-0.15, -0.1) is 0 Å². The van der Waals surface area contributed by atoms with Gasteiger partial charge in [-0.3, -0.25) is 0 Å². The van der Waals surface area contributed by atoms with Gasteiger partial charge in [0.05, 0.1) is 42.0 Å². The molecule has 0 radical (unpaired) electrons. The average molecular weight is 443 g/mol. The highest BCUT2D eigenvalue weighted by atomic mass is 16.5. The molecule has 0 saturated heterocycles. The van der Waals surface area contributed by atoms with Crippen LogP contribution < -0.4 is 4.74 Å². The van der Waals surface area contributed by atoms with Crippen LogP contribution in [0.2, 0.25) is 0 Å². The number of ether oxygens (including phenoxy) is 3. The van der Waals surface area contributed by atoms with Crippen molar-refractivity contribution >= 4 is 33.7 Å². The van der Waals surface area contributed by atoms with Crippen molar-refractivity contribution in [1.82, 2.24) is 4.98 Å². The number of methoxy groups -OCH3 is 1. The third kappa shape index (κ3) is 4.56. The number of hydrogen-bond donors (Lipinski definition) is 0. The molecule has 0 spiro atoms. The SMILES string of the molecule is COC(=O)c1cc(C)c(OC(=O)c2c3ccccc3nc3ccccc23)c(COC(C)C)c1. The van der Waals surface area contributed by atoms with Crippen molar-refractivity contribution < 1.29 is 23.8 Å². The van der Waals surface area contributed by atoms with Gasteiger partial charge in [0, 0.05) is 16.3 Å². The number of fused-ring (bicyclic) bond motifs is 2. The molecule has 0 atom stereocenters. The van der Waals surface area contributed by atoms with Gasteiger partial charge >= 0.3 is 11.9 Å². The fraction of sp³-hybridized carbons (Fsp3) is 0.222. The number of benzene rings is 3. The Balaban J connectivity index is 1.83. The van der Waals surface area contributed by atoms with Crippen molar-refractivity contribution in [3.8, 4) is 5.75 Å². The van der Waals surface area contributed by atoms with Crippen LogP contribution in [0.4, 0.5) is 0 Å². The predicted molar refractivity (Wildman–Crippen MR) is 127 cm³/mol. The average Bonchev–Trinajstić information content (AvgIpc) is 2.81. The van der Waals surface area contributed by atoms with E-state index in [0.29, 0.717) is 49.8 Å². The highest BCUT2D eigenvalue weighted by Gasteiger charge is 2.22. The van der Waals surface area contributed by atoms with E-state index in [1.165, 1.54) is 7.11 Å². The number of pyridine rings is 1. The van der Waals surface area contributed by atoms with Crippen molar-refractivity contribution in [2.24, 2.45) is 0 Å². The van der Waals surface area contributed by atoms with E-state index in [9.17, 15) is 9.59 Å². The largest absolute Gasteiger partial charge is 0.465 e. The molecule has 1 aromatic heterocycles. The molecule has 1 heterocycles. The number of hydrogen-bond acceptors (Lipinski definition) is 6. The zero-order valence-corrected chi connectivity index (χ0v) is 19.0. The molecule has 33 heavy (non-hydrogen) atoms. The number of rotatable bonds is 6. The number of nitrogens with zero attached hydrogens (tertiary/aromatic N) is 1. The summed E-state index contributed by atoms with van der Waals surface area (Å²) in [5.74, 6) is -0.587. The summed E-state index contributed by atoms with van der Waals surface area (Å²) in [6, 6.07) is 18.3. The second kappa shape index (κ2) is 9.38. The van der Waals surface area contributed by atoms with E-state index in [1.54, 1.807) is 19.1 Å². The molecule has 4 rings (SSSR count). The van der Waals surface area contributed by atoms with Gasteiger partial charge in [-0.2, -0.15) is 0 Å². The topological polar surface area (TPSA) is 74.7 Å². The number of carbonyl (C=O) groups excluding carboxylic acids is 2. The Hall–Kier alpha value is -3.77. The molecular formula is C27H25NO5. The Bertz CT molecular complexity index is 1310. The quantitative estimate of drug-likeness (QED) is 0.218. The second-order valence-electron chi connectivity index (χ2n) is 8.04. The van der Waals surface area contributed by atoms with Crippen molar-refractivity contribution in [3.05, 3.63) is 82.9 Å². The van der Waals surface area contributed by atoms with Crippen LogP contribution in [0.5, 0.6) is 5.75 Å². The highest BCUT2D eigenvalue weighted by Crippen LogP contribution is 2.31. The molecule has 0 bridgehead atoms. The number of carbonyl (C=O) groups is 2. The third-order valence-electron chi connectivity index (χ3n) is 5.33. The first-order valence-corrected chi connectivity index (χ1v) is 10.7. The third-order valence-corrected chi connectivity index (χ3v) is 5.33. The molecule has 0 aliphatic heterocycles. The molecule has 6 heteroatoms. The van der Waals surface area contributed by atoms with Crippen LogP contribution in [-0.4, -0.2) is 30.1 Å². The van der Waals surface area contributed by atoms with Crippen LogP contribution in [0.1, 0.15) is 45.7 Å². The molecule has 0 N–H and O–H groups in total. The van der Waals surface area contributed by atoms with Gasteiger partial charge < -0.3 is 14.2 Å². The number of aryl methyl sites for hydroxylation is 1. The molecule has 0 aliphatic carbocycles.